The molecule has 0 radical (unpaired) electrons. The van der Waals surface area contributed by atoms with E-state index in [0.29, 0.717) is 5.69 Å². The molecule has 1 aliphatic heterocycles. The van der Waals surface area contributed by atoms with Gasteiger partial charge in [0.05, 0.1) is 7.11 Å². The normalized spacial score (nSPS) is 16.2. The molecule has 110 valence electrons. The monoisotopic (exact) mass is 284 g/mol. The second-order valence-corrected chi connectivity index (χ2v) is 5.71. The van der Waals surface area contributed by atoms with Crippen LogP contribution in [0.1, 0.15) is 30.3 Å². The summed E-state index contributed by atoms with van der Waals surface area (Å²) >= 11 is 0. The van der Waals surface area contributed by atoms with Crippen LogP contribution in [0.15, 0.2) is 30.3 Å². The van der Waals surface area contributed by atoms with Crippen molar-refractivity contribution in [3.63, 3.8) is 0 Å². The Hall–Kier alpha value is -2.10. The van der Waals surface area contributed by atoms with E-state index in [1.54, 1.807) is 6.07 Å². The zero-order chi connectivity index (χ0) is 14.8. The molecule has 1 aromatic carbocycles. The second kappa shape index (κ2) is 5.72. The maximum atomic E-state index is 11.8. The lowest BCUT2D eigenvalue weighted by atomic mass is 9.99. The summed E-state index contributed by atoms with van der Waals surface area (Å²) < 4.78 is 4.82. The van der Waals surface area contributed by atoms with Gasteiger partial charge in [0.25, 0.3) is 0 Å². The van der Waals surface area contributed by atoms with Gasteiger partial charge in [0, 0.05) is 18.5 Å². The highest BCUT2D eigenvalue weighted by Crippen LogP contribution is 2.29. The molecule has 0 bridgehead atoms. The van der Waals surface area contributed by atoms with Crippen molar-refractivity contribution >= 4 is 22.6 Å². The summed E-state index contributed by atoms with van der Waals surface area (Å²) in [6.45, 7) is 4.26. The van der Waals surface area contributed by atoms with Gasteiger partial charge in [0.15, 0.2) is 5.69 Å². The maximum absolute atomic E-state index is 11.8. The molecule has 1 fully saturated rings. The van der Waals surface area contributed by atoms with E-state index in [9.17, 15) is 4.79 Å². The highest BCUT2D eigenvalue weighted by atomic mass is 16.5. The lowest BCUT2D eigenvalue weighted by Crippen LogP contribution is -2.33. The van der Waals surface area contributed by atoms with Gasteiger partial charge in [-0.2, -0.15) is 0 Å². The molecule has 0 aliphatic carbocycles. The predicted molar refractivity (Wildman–Crippen MR) is 83.7 cm³/mol. The van der Waals surface area contributed by atoms with E-state index in [4.69, 9.17) is 4.74 Å². The lowest BCUT2D eigenvalue weighted by Gasteiger charge is -2.32. The largest absolute Gasteiger partial charge is 0.464 e. The molecule has 0 amide bonds. The van der Waals surface area contributed by atoms with Crippen molar-refractivity contribution in [2.45, 2.75) is 19.8 Å². The second-order valence-electron chi connectivity index (χ2n) is 5.71. The topological polar surface area (TPSA) is 42.4 Å². The first kappa shape index (κ1) is 13.9. The van der Waals surface area contributed by atoms with Gasteiger partial charge in [-0.05, 0) is 30.2 Å². The Morgan fingerprint density at radius 3 is 2.71 bits per heavy atom. The van der Waals surface area contributed by atoms with Crippen LogP contribution >= 0.6 is 0 Å². The number of anilines is 1. The highest BCUT2D eigenvalue weighted by molar-refractivity contribution is 5.98. The Labute approximate surface area is 124 Å². The average molecular weight is 284 g/mol. The van der Waals surface area contributed by atoms with Gasteiger partial charge in [-0.25, -0.2) is 9.78 Å². The molecule has 3 rings (SSSR count). The van der Waals surface area contributed by atoms with E-state index in [0.717, 1.165) is 35.6 Å². The molecule has 0 atom stereocenters. The number of fused-ring (bicyclic) bond motifs is 1. The average Bonchev–Trinajstić information content (AvgIpc) is 2.54. The molecule has 1 saturated heterocycles. The van der Waals surface area contributed by atoms with Crippen LogP contribution in [0, 0.1) is 5.92 Å². The Morgan fingerprint density at radius 2 is 2.00 bits per heavy atom. The molecule has 0 spiro atoms. The summed E-state index contributed by atoms with van der Waals surface area (Å²) in [5.74, 6) is 1.28. The standard InChI is InChI=1S/C17H20N2O2/c1-12-7-9-19(10-8-12)16-14-6-4-3-5-13(14)11-15(18-16)17(20)21-2/h3-6,11-12H,7-10H2,1-2H3. The Bertz CT molecular complexity index is 661. The van der Waals surface area contributed by atoms with Crippen LogP contribution in [0.25, 0.3) is 10.8 Å². The van der Waals surface area contributed by atoms with Gasteiger partial charge in [-0.15, -0.1) is 0 Å². The maximum Gasteiger partial charge on any atom is 0.356 e. The van der Waals surface area contributed by atoms with Crippen LogP contribution in [0.4, 0.5) is 5.82 Å². The van der Waals surface area contributed by atoms with Gasteiger partial charge in [0.2, 0.25) is 0 Å². The number of methoxy groups -OCH3 is 1. The van der Waals surface area contributed by atoms with E-state index in [1.807, 2.05) is 18.2 Å². The number of esters is 1. The van der Waals surface area contributed by atoms with Crippen molar-refractivity contribution < 1.29 is 9.53 Å². The van der Waals surface area contributed by atoms with Crippen LogP contribution in [-0.2, 0) is 4.74 Å². The third kappa shape index (κ3) is 2.71. The van der Waals surface area contributed by atoms with Gasteiger partial charge in [-0.3, -0.25) is 0 Å². The molecule has 21 heavy (non-hydrogen) atoms. The number of pyridine rings is 1. The molecule has 0 saturated carbocycles. The number of benzene rings is 1. The third-order valence-electron chi connectivity index (χ3n) is 4.20. The van der Waals surface area contributed by atoms with Gasteiger partial charge < -0.3 is 9.64 Å². The zero-order valence-electron chi connectivity index (χ0n) is 12.5. The number of piperidine rings is 1. The summed E-state index contributed by atoms with van der Waals surface area (Å²) in [5, 5.41) is 2.13. The number of aromatic nitrogens is 1. The van der Waals surface area contributed by atoms with Crippen molar-refractivity contribution in [2.75, 3.05) is 25.1 Å². The molecule has 2 aromatic rings. The van der Waals surface area contributed by atoms with Crippen molar-refractivity contribution in [3.05, 3.63) is 36.0 Å². The zero-order valence-corrected chi connectivity index (χ0v) is 12.5. The third-order valence-corrected chi connectivity index (χ3v) is 4.20. The number of hydrogen-bond donors (Lipinski definition) is 0. The number of ether oxygens (including phenoxy) is 1. The summed E-state index contributed by atoms with van der Waals surface area (Å²) in [6, 6.07) is 9.87. The fraction of sp³-hybridized carbons (Fsp3) is 0.412. The number of carbonyl (C=O) groups is 1. The van der Waals surface area contributed by atoms with Gasteiger partial charge >= 0.3 is 5.97 Å². The SMILES string of the molecule is COC(=O)c1cc2ccccc2c(N2CCC(C)CC2)n1. The van der Waals surface area contributed by atoms with E-state index in [-0.39, 0.29) is 5.97 Å². The van der Waals surface area contributed by atoms with Crippen LogP contribution in [-0.4, -0.2) is 31.2 Å². The van der Waals surface area contributed by atoms with Crippen molar-refractivity contribution in [2.24, 2.45) is 5.92 Å². The van der Waals surface area contributed by atoms with Crippen LogP contribution < -0.4 is 4.90 Å². The van der Waals surface area contributed by atoms with Gasteiger partial charge in [0.1, 0.15) is 5.82 Å². The van der Waals surface area contributed by atoms with Gasteiger partial charge in [-0.1, -0.05) is 31.2 Å². The molecule has 0 unspecified atom stereocenters. The molecular weight excluding hydrogens is 264 g/mol. The molecule has 1 aliphatic rings. The summed E-state index contributed by atoms with van der Waals surface area (Å²) in [4.78, 5) is 18.7. The smallest absolute Gasteiger partial charge is 0.356 e. The first-order valence-corrected chi connectivity index (χ1v) is 7.42. The minimum atomic E-state index is -0.382. The Balaban J connectivity index is 2.08. The first-order valence-electron chi connectivity index (χ1n) is 7.42. The van der Waals surface area contributed by atoms with Crippen molar-refractivity contribution in [3.8, 4) is 0 Å². The number of nitrogens with zero attached hydrogens (tertiary/aromatic N) is 2. The minimum Gasteiger partial charge on any atom is -0.464 e. The molecule has 1 aromatic heterocycles. The minimum absolute atomic E-state index is 0.379. The van der Waals surface area contributed by atoms with Crippen molar-refractivity contribution in [1.29, 1.82) is 0 Å². The lowest BCUT2D eigenvalue weighted by molar-refractivity contribution is 0.0594. The molecule has 4 heteroatoms. The van der Waals surface area contributed by atoms with E-state index < -0.39 is 0 Å². The first-order chi connectivity index (χ1) is 10.2. The molecule has 2 heterocycles. The Morgan fingerprint density at radius 1 is 1.29 bits per heavy atom. The highest BCUT2D eigenvalue weighted by Gasteiger charge is 2.21. The number of hydrogen-bond acceptors (Lipinski definition) is 4. The van der Waals surface area contributed by atoms with Crippen LogP contribution in [0.5, 0.6) is 0 Å². The summed E-state index contributed by atoms with van der Waals surface area (Å²) in [5.41, 5.74) is 0.379. The summed E-state index contributed by atoms with van der Waals surface area (Å²) in [7, 11) is 1.39. The quantitative estimate of drug-likeness (QED) is 0.794. The fourth-order valence-corrected chi connectivity index (χ4v) is 2.85. The van der Waals surface area contributed by atoms with E-state index in [1.165, 1.54) is 20.0 Å². The van der Waals surface area contributed by atoms with Crippen LogP contribution in [0.2, 0.25) is 0 Å². The Kier molecular flexibility index (Phi) is 3.78. The fourth-order valence-electron chi connectivity index (χ4n) is 2.85. The molecule has 4 nitrogen and oxygen atoms in total. The van der Waals surface area contributed by atoms with Crippen molar-refractivity contribution in [1.82, 2.24) is 4.98 Å². The summed E-state index contributed by atoms with van der Waals surface area (Å²) in [6.07, 6.45) is 2.33. The number of carbonyl (C=O) groups excluding carboxylic acids is 1. The van der Waals surface area contributed by atoms with Crippen LogP contribution in [0.3, 0.4) is 0 Å². The van der Waals surface area contributed by atoms with E-state index >= 15 is 0 Å². The molecular formula is C17H20N2O2. The molecule has 0 N–H and O–H groups in total. The van der Waals surface area contributed by atoms with E-state index in [2.05, 4.69) is 22.9 Å². The number of rotatable bonds is 2. The predicted octanol–water partition coefficient (Wildman–Crippen LogP) is 3.26.